The highest BCUT2D eigenvalue weighted by Crippen LogP contribution is 2.34. The fourth-order valence-electron chi connectivity index (χ4n) is 4.01. The molecule has 0 radical (unpaired) electrons. The summed E-state index contributed by atoms with van der Waals surface area (Å²) in [6.45, 7) is 1.33. The van der Waals surface area contributed by atoms with E-state index in [1.54, 1.807) is 24.3 Å². The summed E-state index contributed by atoms with van der Waals surface area (Å²) in [6.07, 6.45) is -1.03. The van der Waals surface area contributed by atoms with E-state index < -0.39 is 39.8 Å². The van der Waals surface area contributed by atoms with Crippen LogP contribution in [-0.4, -0.2) is 49.1 Å². The normalized spacial score (nSPS) is 13.6. The van der Waals surface area contributed by atoms with Crippen LogP contribution in [0, 0.1) is 5.92 Å². The third-order valence-corrected chi connectivity index (χ3v) is 8.40. The molecule has 3 aromatic carbocycles. The number of carbonyl (C=O) groups is 3. The Morgan fingerprint density at radius 1 is 0.927 bits per heavy atom. The number of aliphatic hydroxyl groups excluding tert-OH is 1. The Morgan fingerprint density at radius 3 is 2.24 bits per heavy atom. The number of primary amides is 1. The highest BCUT2D eigenvalue weighted by molar-refractivity contribution is 7.90. The minimum Gasteiger partial charge on any atom is -0.384 e. The lowest BCUT2D eigenvalue weighted by Gasteiger charge is -2.17. The Kier molecular flexibility index (Phi) is 11.2. The minimum absolute atomic E-state index is 0.0446. The SMILES string of the molecule is C[C@H](O)C(=O)NS(=O)(=O)c1ccccc1-c1ccc(CC(C(N)=O)C(=O)NC[C@@H](S)Cc2cccc(Cl)c2)cc1Cl. The van der Waals surface area contributed by atoms with E-state index in [0.29, 0.717) is 22.6 Å². The molecule has 0 aliphatic carbocycles. The largest absolute Gasteiger partial charge is 0.384 e. The van der Waals surface area contributed by atoms with Crippen molar-refractivity contribution in [1.82, 2.24) is 10.0 Å². The van der Waals surface area contributed by atoms with Crippen LogP contribution in [0.5, 0.6) is 0 Å². The Morgan fingerprint density at radius 2 is 1.61 bits per heavy atom. The molecular weight excluding hydrogens is 609 g/mol. The van der Waals surface area contributed by atoms with Crippen molar-refractivity contribution in [2.24, 2.45) is 11.7 Å². The first-order valence-electron chi connectivity index (χ1n) is 12.4. The van der Waals surface area contributed by atoms with E-state index in [1.165, 1.54) is 24.3 Å². The molecule has 0 saturated carbocycles. The molecule has 0 saturated heterocycles. The van der Waals surface area contributed by atoms with E-state index in [1.807, 2.05) is 22.9 Å². The zero-order valence-electron chi connectivity index (χ0n) is 21.9. The van der Waals surface area contributed by atoms with Crippen molar-refractivity contribution in [3.8, 4) is 11.1 Å². The average molecular weight is 639 g/mol. The summed E-state index contributed by atoms with van der Waals surface area (Å²) in [6, 6.07) is 17.8. The maximum Gasteiger partial charge on any atom is 0.264 e. The molecule has 0 aliphatic rings. The van der Waals surface area contributed by atoms with Crippen LogP contribution in [-0.2, 0) is 37.2 Å². The number of nitrogens with one attached hydrogen (secondary N) is 2. The van der Waals surface area contributed by atoms with Crippen molar-refractivity contribution < 1.29 is 27.9 Å². The molecule has 3 aromatic rings. The number of benzene rings is 3. The first-order valence-corrected chi connectivity index (χ1v) is 15.2. The number of nitrogens with two attached hydrogens (primary N) is 1. The molecule has 218 valence electrons. The van der Waals surface area contributed by atoms with Crippen molar-refractivity contribution in [3.63, 3.8) is 0 Å². The van der Waals surface area contributed by atoms with E-state index in [2.05, 4.69) is 17.9 Å². The number of hydrogen-bond donors (Lipinski definition) is 5. The first-order chi connectivity index (χ1) is 19.3. The monoisotopic (exact) mass is 637 g/mol. The van der Waals surface area contributed by atoms with Crippen molar-refractivity contribution in [2.45, 2.75) is 36.0 Å². The Labute approximate surface area is 253 Å². The van der Waals surface area contributed by atoms with Crippen molar-refractivity contribution in [1.29, 1.82) is 0 Å². The van der Waals surface area contributed by atoms with Crippen LogP contribution < -0.4 is 15.8 Å². The quantitative estimate of drug-likeness (QED) is 0.152. The van der Waals surface area contributed by atoms with E-state index in [0.717, 1.165) is 12.5 Å². The van der Waals surface area contributed by atoms with Gasteiger partial charge in [0.25, 0.3) is 15.9 Å². The molecule has 0 aliphatic heterocycles. The van der Waals surface area contributed by atoms with Gasteiger partial charge in [0.1, 0.15) is 12.0 Å². The second kappa shape index (κ2) is 14.2. The molecule has 5 N–H and O–H groups in total. The highest BCUT2D eigenvalue weighted by Gasteiger charge is 2.27. The zero-order chi connectivity index (χ0) is 30.3. The fraction of sp³-hybridized carbons (Fsp3) is 0.250. The average Bonchev–Trinajstić information content (AvgIpc) is 2.90. The van der Waals surface area contributed by atoms with Gasteiger partial charge >= 0.3 is 0 Å². The van der Waals surface area contributed by atoms with Crippen LogP contribution in [0.2, 0.25) is 10.0 Å². The molecule has 0 bridgehead atoms. The third-order valence-electron chi connectivity index (χ3n) is 6.09. The molecule has 1 unspecified atom stereocenters. The summed E-state index contributed by atoms with van der Waals surface area (Å²) in [7, 11) is -4.33. The molecule has 0 fully saturated rings. The topological polar surface area (TPSA) is 156 Å². The summed E-state index contributed by atoms with van der Waals surface area (Å²) in [4.78, 5) is 36.6. The van der Waals surface area contributed by atoms with E-state index in [9.17, 15) is 27.9 Å². The summed E-state index contributed by atoms with van der Waals surface area (Å²) >= 11 is 17.0. The summed E-state index contributed by atoms with van der Waals surface area (Å²) in [5, 5.41) is 12.6. The minimum atomic E-state index is -4.33. The van der Waals surface area contributed by atoms with Crippen LogP contribution in [0.4, 0.5) is 0 Å². The Balaban J connectivity index is 1.75. The predicted molar refractivity (Wildman–Crippen MR) is 161 cm³/mol. The number of sulfonamides is 1. The zero-order valence-corrected chi connectivity index (χ0v) is 25.1. The highest BCUT2D eigenvalue weighted by atomic mass is 35.5. The van der Waals surface area contributed by atoms with E-state index in [-0.39, 0.29) is 33.7 Å². The van der Waals surface area contributed by atoms with Gasteiger partial charge < -0.3 is 16.2 Å². The van der Waals surface area contributed by atoms with Gasteiger partial charge in [0.2, 0.25) is 11.8 Å². The number of hydrogen-bond acceptors (Lipinski definition) is 7. The van der Waals surface area contributed by atoms with Gasteiger partial charge in [-0.15, -0.1) is 0 Å². The van der Waals surface area contributed by atoms with Crippen molar-refractivity contribution in [2.75, 3.05) is 6.54 Å². The first kappa shape index (κ1) is 32.4. The lowest BCUT2D eigenvalue weighted by Crippen LogP contribution is -2.42. The van der Waals surface area contributed by atoms with Crippen LogP contribution in [0.1, 0.15) is 18.1 Å². The maximum absolute atomic E-state index is 12.8. The van der Waals surface area contributed by atoms with Gasteiger partial charge in [-0.2, -0.15) is 12.6 Å². The molecule has 3 amide bonds. The van der Waals surface area contributed by atoms with Crippen LogP contribution in [0.15, 0.2) is 71.6 Å². The number of halogens is 2. The lowest BCUT2D eigenvalue weighted by molar-refractivity contribution is -0.133. The molecule has 41 heavy (non-hydrogen) atoms. The number of rotatable bonds is 12. The van der Waals surface area contributed by atoms with Gasteiger partial charge in [-0.3, -0.25) is 14.4 Å². The molecule has 0 aromatic heterocycles. The number of aliphatic hydroxyl groups is 1. The Hall–Kier alpha value is -3.09. The molecule has 3 rings (SSSR count). The number of amides is 3. The number of carbonyl (C=O) groups excluding carboxylic acids is 3. The van der Waals surface area contributed by atoms with Gasteiger partial charge in [0.05, 0.1) is 4.90 Å². The van der Waals surface area contributed by atoms with Crippen molar-refractivity contribution >= 4 is 63.6 Å². The maximum atomic E-state index is 12.8. The standard InChI is InChI=1S/C28H29Cl2N3O6S2/c1-16(34)27(36)33-41(38,39)25-8-3-2-7-22(25)21-10-9-18(14-24(21)30)13-23(26(31)35)28(37)32-15-20(40)12-17-5-4-6-19(29)11-17/h2-11,14,16,20,23,34,40H,12-13,15H2,1H3,(H2,31,35)(H,32,37)(H,33,36)/t16-,20-,23?/m0/s1. The van der Waals surface area contributed by atoms with E-state index in [4.69, 9.17) is 28.9 Å². The summed E-state index contributed by atoms with van der Waals surface area (Å²) < 4.78 is 27.5. The van der Waals surface area contributed by atoms with Gasteiger partial charge in [-0.05, 0) is 55.2 Å². The smallest absolute Gasteiger partial charge is 0.264 e. The molecule has 9 nitrogen and oxygen atoms in total. The van der Waals surface area contributed by atoms with Gasteiger partial charge in [0, 0.05) is 33.0 Å². The summed E-state index contributed by atoms with van der Waals surface area (Å²) in [5.74, 6) is -3.65. The second-order valence-electron chi connectivity index (χ2n) is 9.35. The molecule has 0 spiro atoms. The fourth-order valence-corrected chi connectivity index (χ4v) is 6.10. The second-order valence-corrected chi connectivity index (χ2v) is 12.6. The number of thiol groups is 1. The van der Waals surface area contributed by atoms with Gasteiger partial charge in [-0.25, -0.2) is 13.1 Å². The molecule has 0 heterocycles. The van der Waals surface area contributed by atoms with Crippen LogP contribution in [0.25, 0.3) is 11.1 Å². The van der Waals surface area contributed by atoms with E-state index >= 15 is 0 Å². The third kappa shape index (κ3) is 8.95. The van der Waals surface area contributed by atoms with Gasteiger partial charge in [0.15, 0.2) is 0 Å². The van der Waals surface area contributed by atoms with Crippen LogP contribution >= 0.6 is 35.8 Å². The van der Waals surface area contributed by atoms with Crippen molar-refractivity contribution in [3.05, 3.63) is 87.9 Å². The van der Waals surface area contributed by atoms with Crippen LogP contribution in [0.3, 0.4) is 0 Å². The predicted octanol–water partition coefficient (Wildman–Crippen LogP) is 3.15. The molecular formula is C28H29Cl2N3O6S2. The Bertz CT molecular complexity index is 1550. The molecule has 3 atom stereocenters. The summed E-state index contributed by atoms with van der Waals surface area (Å²) in [5.41, 5.74) is 7.54. The van der Waals surface area contributed by atoms with Gasteiger partial charge in [-0.1, -0.05) is 65.7 Å². The molecule has 13 heteroatoms. The lowest BCUT2D eigenvalue weighted by atomic mass is 9.95.